The van der Waals surface area contributed by atoms with Crippen molar-refractivity contribution >= 4 is 5.97 Å². The molecule has 1 saturated carbocycles. The first-order chi connectivity index (χ1) is 13.5. The third-order valence-corrected chi connectivity index (χ3v) is 4.85. The van der Waals surface area contributed by atoms with Gasteiger partial charge in [-0.3, -0.25) is 4.79 Å². The topological polar surface area (TPSA) is 71.5 Å². The van der Waals surface area contributed by atoms with Crippen LogP contribution < -0.4 is 10.1 Å². The smallest absolute Gasteiger partial charge is 0.303 e. The van der Waals surface area contributed by atoms with Crippen LogP contribution in [-0.2, 0) is 11.3 Å². The first kappa shape index (κ1) is 20.2. The lowest BCUT2D eigenvalue weighted by atomic mass is 10.0. The Kier molecular flexibility index (Phi) is 6.92. The van der Waals surface area contributed by atoms with Gasteiger partial charge in [-0.05, 0) is 68.5 Å². The Morgan fingerprint density at radius 2 is 1.96 bits per heavy atom. The van der Waals surface area contributed by atoms with Crippen molar-refractivity contribution in [3.63, 3.8) is 0 Å². The third kappa shape index (κ3) is 5.25. The highest BCUT2D eigenvalue weighted by Crippen LogP contribution is 2.33. The minimum Gasteiger partial charge on any atom is -0.481 e. The maximum atomic E-state index is 14.5. The highest BCUT2D eigenvalue weighted by atomic mass is 19.1. The summed E-state index contributed by atoms with van der Waals surface area (Å²) in [5, 5.41) is 11.5. The summed E-state index contributed by atoms with van der Waals surface area (Å²) in [7, 11) is 0. The van der Waals surface area contributed by atoms with Gasteiger partial charge >= 0.3 is 5.97 Å². The second kappa shape index (κ2) is 9.59. The summed E-state index contributed by atoms with van der Waals surface area (Å²) in [6.07, 6.45) is 6.27. The van der Waals surface area contributed by atoms with Crippen LogP contribution in [0.5, 0.6) is 5.88 Å². The average molecular weight is 390 g/mol. The van der Waals surface area contributed by atoms with Crippen LogP contribution in [0.25, 0.3) is 11.1 Å². The molecule has 0 saturated heterocycles. The summed E-state index contributed by atoms with van der Waals surface area (Å²) in [4.78, 5) is 14.7. The summed E-state index contributed by atoms with van der Waals surface area (Å²) in [6.45, 7) is 0.366. The van der Waals surface area contributed by atoms with E-state index < -0.39 is 17.6 Å². The van der Waals surface area contributed by atoms with E-state index in [0.717, 1.165) is 25.7 Å². The van der Waals surface area contributed by atoms with Crippen LogP contribution in [0.4, 0.5) is 8.78 Å². The zero-order chi connectivity index (χ0) is 19.9. The average Bonchev–Trinajstić information content (AvgIpc) is 3.16. The van der Waals surface area contributed by atoms with Crippen LogP contribution in [0.1, 0.15) is 44.1 Å². The van der Waals surface area contributed by atoms with Gasteiger partial charge in [-0.2, -0.15) is 0 Å². The number of rotatable bonds is 9. The van der Waals surface area contributed by atoms with E-state index in [1.54, 1.807) is 18.3 Å². The maximum absolute atomic E-state index is 14.5. The van der Waals surface area contributed by atoms with Crippen molar-refractivity contribution in [2.75, 3.05) is 6.54 Å². The van der Waals surface area contributed by atoms with Crippen molar-refractivity contribution in [2.45, 2.75) is 51.2 Å². The minimum absolute atomic E-state index is 0.00393. The van der Waals surface area contributed by atoms with Crippen LogP contribution in [-0.4, -0.2) is 28.7 Å². The van der Waals surface area contributed by atoms with E-state index in [9.17, 15) is 13.6 Å². The van der Waals surface area contributed by atoms with E-state index in [1.165, 1.54) is 12.1 Å². The number of nitrogens with zero attached hydrogens (tertiary/aromatic N) is 1. The number of halogens is 2. The maximum Gasteiger partial charge on any atom is 0.303 e. The van der Waals surface area contributed by atoms with Gasteiger partial charge in [0.2, 0.25) is 5.88 Å². The number of hydrogen-bond donors (Lipinski definition) is 2. The Morgan fingerprint density at radius 3 is 2.64 bits per heavy atom. The minimum atomic E-state index is -0.893. The molecule has 1 aliphatic rings. The Hall–Kier alpha value is -2.54. The van der Waals surface area contributed by atoms with Crippen LogP contribution in [0.15, 0.2) is 30.5 Å². The van der Waals surface area contributed by atoms with Gasteiger partial charge in [0, 0.05) is 30.3 Å². The van der Waals surface area contributed by atoms with Crippen LogP contribution in [0.2, 0.25) is 0 Å². The molecule has 0 bridgehead atoms. The molecule has 5 nitrogen and oxygen atoms in total. The molecule has 0 amide bonds. The quantitative estimate of drug-likeness (QED) is 0.625. The molecule has 2 aromatic rings. The first-order valence-electron chi connectivity index (χ1n) is 9.57. The number of ether oxygens (including phenoxy) is 1. The largest absolute Gasteiger partial charge is 0.481 e. The molecule has 0 atom stereocenters. The van der Waals surface area contributed by atoms with Gasteiger partial charge in [-0.1, -0.05) is 0 Å². The van der Waals surface area contributed by atoms with E-state index in [1.807, 2.05) is 0 Å². The summed E-state index contributed by atoms with van der Waals surface area (Å²) < 4.78 is 35.0. The first-order valence-corrected chi connectivity index (χ1v) is 9.57. The van der Waals surface area contributed by atoms with Gasteiger partial charge in [0.05, 0.1) is 0 Å². The number of carbonyl (C=O) groups is 1. The number of nitrogens with one attached hydrogen (secondary N) is 1. The molecule has 0 radical (unpaired) electrons. The molecule has 2 N–H and O–H groups in total. The molecule has 0 aliphatic heterocycles. The zero-order valence-corrected chi connectivity index (χ0v) is 15.6. The van der Waals surface area contributed by atoms with Crippen LogP contribution in [0, 0.1) is 11.6 Å². The lowest BCUT2D eigenvalue weighted by molar-refractivity contribution is -0.137. The predicted molar refractivity (Wildman–Crippen MR) is 101 cm³/mol. The Bertz CT molecular complexity index is 800. The van der Waals surface area contributed by atoms with Crippen LogP contribution >= 0.6 is 0 Å². The molecule has 1 aromatic heterocycles. The van der Waals surface area contributed by atoms with Crippen molar-refractivity contribution in [2.24, 2.45) is 0 Å². The van der Waals surface area contributed by atoms with Gasteiger partial charge in [0.25, 0.3) is 0 Å². The summed E-state index contributed by atoms with van der Waals surface area (Å²) >= 11 is 0. The van der Waals surface area contributed by atoms with Crippen molar-refractivity contribution < 1.29 is 23.4 Å². The summed E-state index contributed by atoms with van der Waals surface area (Å²) in [6, 6.07) is 6.03. The van der Waals surface area contributed by atoms with E-state index in [2.05, 4.69) is 10.3 Å². The fourth-order valence-corrected chi connectivity index (χ4v) is 3.37. The molecular weight excluding hydrogens is 366 g/mol. The SMILES string of the molecule is O=C(O)CCCNCc1c(F)cc(-c2cccnc2OC2CCCC2)cc1F. The van der Waals surface area contributed by atoms with E-state index >= 15 is 0 Å². The van der Waals surface area contributed by atoms with Gasteiger partial charge in [0.15, 0.2) is 0 Å². The Morgan fingerprint density at radius 1 is 1.25 bits per heavy atom. The molecule has 0 unspecified atom stereocenters. The lowest BCUT2D eigenvalue weighted by Crippen LogP contribution is -2.17. The normalized spacial score (nSPS) is 14.4. The number of hydrogen-bond acceptors (Lipinski definition) is 4. The third-order valence-electron chi connectivity index (χ3n) is 4.85. The van der Waals surface area contributed by atoms with Gasteiger partial charge in [-0.25, -0.2) is 13.8 Å². The molecule has 28 heavy (non-hydrogen) atoms. The van der Waals surface area contributed by atoms with E-state index in [0.29, 0.717) is 30.0 Å². The van der Waals surface area contributed by atoms with Gasteiger partial charge < -0.3 is 15.2 Å². The predicted octanol–water partition coefficient (Wildman–Crippen LogP) is 4.30. The molecule has 0 spiro atoms. The molecule has 3 rings (SSSR count). The standard InChI is InChI=1S/C21H24F2N2O3/c22-18-11-14(12-19(23)17(18)13-24-9-4-8-20(26)27)16-7-3-10-25-21(16)28-15-5-1-2-6-15/h3,7,10-12,15,24H,1-2,4-6,8-9,13H2,(H,26,27). The lowest BCUT2D eigenvalue weighted by Gasteiger charge is -2.16. The van der Waals surface area contributed by atoms with Crippen LogP contribution in [0.3, 0.4) is 0 Å². The van der Waals surface area contributed by atoms with Crippen molar-refractivity contribution in [3.05, 3.63) is 47.7 Å². The number of carboxylic acids is 1. The Labute approximate surface area is 162 Å². The molecule has 1 heterocycles. The Balaban J connectivity index is 1.72. The monoisotopic (exact) mass is 390 g/mol. The number of benzene rings is 1. The molecular formula is C21H24F2N2O3. The number of aromatic nitrogens is 1. The number of pyridine rings is 1. The van der Waals surface area contributed by atoms with Gasteiger partial charge in [0.1, 0.15) is 17.7 Å². The molecule has 1 fully saturated rings. The van der Waals surface area contributed by atoms with Crippen molar-refractivity contribution in [1.82, 2.24) is 10.3 Å². The summed E-state index contributed by atoms with van der Waals surface area (Å²) in [5.41, 5.74) is 0.875. The molecule has 1 aromatic carbocycles. The fraction of sp³-hybridized carbons (Fsp3) is 0.429. The highest BCUT2D eigenvalue weighted by molar-refractivity contribution is 5.69. The molecule has 7 heteroatoms. The summed E-state index contributed by atoms with van der Waals surface area (Å²) in [5.74, 6) is -1.81. The van der Waals surface area contributed by atoms with E-state index in [-0.39, 0.29) is 24.6 Å². The number of aliphatic carboxylic acids is 1. The second-order valence-corrected chi connectivity index (χ2v) is 6.97. The van der Waals surface area contributed by atoms with Gasteiger partial charge in [-0.15, -0.1) is 0 Å². The molecule has 1 aliphatic carbocycles. The van der Waals surface area contributed by atoms with Crippen molar-refractivity contribution in [1.29, 1.82) is 0 Å². The zero-order valence-electron chi connectivity index (χ0n) is 15.6. The molecule has 150 valence electrons. The highest BCUT2D eigenvalue weighted by Gasteiger charge is 2.20. The second-order valence-electron chi connectivity index (χ2n) is 6.97. The van der Waals surface area contributed by atoms with Crippen molar-refractivity contribution in [3.8, 4) is 17.0 Å². The van der Waals surface area contributed by atoms with E-state index in [4.69, 9.17) is 9.84 Å². The number of carboxylic acid groups (broad SMARTS) is 1. The fourth-order valence-electron chi connectivity index (χ4n) is 3.37.